The van der Waals surface area contributed by atoms with Crippen LogP contribution < -0.4 is 14.2 Å². The van der Waals surface area contributed by atoms with Crippen molar-refractivity contribution in [3.05, 3.63) is 47.0 Å². The molecule has 26 heavy (non-hydrogen) atoms. The molecule has 138 valence electrons. The van der Waals surface area contributed by atoms with Gasteiger partial charge in [0.2, 0.25) is 0 Å². The summed E-state index contributed by atoms with van der Waals surface area (Å²) in [7, 11) is -3.69. The molecule has 0 fully saturated rings. The van der Waals surface area contributed by atoms with Crippen LogP contribution in [0.25, 0.3) is 0 Å². The number of aryl methyl sites for hydroxylation is 2. The second kappa shape index (κ2) is 6.50. The molecule has 0 amide bonds. The van der Waals surface area contributed by atoms with Crippen molar-refractivity contribution in [1.29, 1.82) is 0 Å². The highest BCUT2D eigenvalue weighted by atomic mass is 32.2. The van der Waals surface area contributed by atoms with E-state index in [1.807, 2.05) is 26.0 Å². The number of hydrogen-bond acceptors (Lipinski definition) is 4. The molecule has 1 heterocycles. The van der Waals surface area contributed by atoms with Gasteiger partial charge in [0, 0.05) is 18.1 Å². The van der Waals surface area contributed by atoms with Crippen LogP contribution in [0.5, 0.6) is 11.5 Å². The van der Waals surface area contributed by atoms with Gasteiger partial charge in [-0.05, 0) is 62.4 Å². The molecule has 1 N–H and O–H groups in total. The third-order valence-corrected chi connectivity index (χ3v) is 6.29. The zero-order chi connectivity index (χ0) is 18.3. The maximum atomic E-state index is 12.9. The normalized spacial score (nSPS) is 18.2. The highest BCUT2D eigenvalue weighted by Crippen LogP contribution is 2.39. The van der Waals surface area contributed by atoms with Gasteiger partial charge < -0.3 is 9.47 Å². The zero-order valence-electron chi connectivity index (χ0n) is 15.0. The Morgan fingerprint density at radius 2 is 1.96 bits per heavy atom. The molecular weight excluding hydrogens is 350 g/mol. The SMILES string of the molecule is CCOc1cc2c(cc1NS(=O)(=O)c1ccc3c(c1)CCC3)OC(C)C2. The van der Waals surface area contributed by atoms with Crippen molar-refractivity contribution in [3.63, 3.8) is 0 Å². The average molecular weight is 373 g/mol. The summed E-state index contributed by atoms with van der Waals surface area (Å²) in [4.78, 5) is 0.287. The number of hydrogen-bond donors (Lipinski definition) is 1. The van der Waals surface area contributed by atoms with Gasteiger partial charge >= 0.3 is 0 Å². The van der Waals surface area contributed by atoms with Crippen LogP contribution in [-0.2, 0) is 29.3 Å². The molecular formula is C20H23NO4S. The number of nitrogens with one attached hydrogen (secondary N) is 1. The van der Waals surface area contributed by atoms with Crippen molar-refractivity contribution < 1.29 is 17.9 Å². The van der Waals surface area contributed by atoms with Gasteiger partial charge in [0.05, 0.1) is 17.2 Å². The molecule has 1 aliphatic carbocycles. The molecule has 1 unspecified atom stereocenters. The lowest BCUT2D eigenvalue weighted by Gasteiger charge is -2.15. The van der Waals surface area contributed by atoms with Crippen molar-refractivity contribution in [2.24, 2.45) is 0 Å². The van der Waals surface area contributed by atoms with E-state index in [4.69, 9.17) is 9.47 Å². The Morgan fingerprint density at radius 1 is 1.15 bits per heavy atom. The molecule has 2 aromatic carbocycles. The first-order chi connectivity index (χ1) is 12.5. The Bertz CT molecular complexity index is 953. The van der Waals surface area contributed by atoms with Crippen LogP contribution in [0.3, 0.4) is 0 Å². The van der Waals surface area contributed by atoms with E-state index in [0.717, 1.165) is 36.8 Å². The summed E-state index contributed by atoms with van der Waals surface area (Å²) in [5.74, 6) is 1.25. The number of benzene rings is 2. The van der Waals surface area contributed by atoms with Crippen LogP contribution in [0, 0.1) is 0 Å². The minimum Gasteiger partial charge on any atom is -0.492 e. The molecule has 0 saturated carbocycles. The molecule has 0 aromatic heterocycles. The summed E-state index contributed by atoms with van der Waals surface area (Å²) >= 11 is 0. The van der Waals surface area contributed by atoms with Crippen molar-refractivity contribution in [2.45, 2.75) is 50.5 Å². The first-order valence-corrected chi connectivity index (χ1v) is 10.6. The predicted molar refractivity (Wildman–Crippen MR) is 101 cm³/mol. The fourth-order valence-electron chi connectivity index (χ4n) is 3.71. The number of fused-ring (bicyclic) bond motifs is 2. The second-order valence-corrected chi connectivity index (χ2v) is 8.59. The number of rotatable bonds is 5. The van der Waals surface area contributed by atoms with Gasteiger partial charge in [0.15, 0.2) is 0 Å². The van der Waals surface area contributed by atoms with Gasteiger partial charge in [-0.15, -0.1) is 0 Å². The third kappa shape index (κ3) is 3.14. The Balaban J connectivity index is 1.68. The van der Waals surface area contributed by atoms with E-state index in [9.17, 15) is 8.42 Å². The van der Waals surface area contributed by atoms with E-state index in [1.165, 1.54) is 5.56 Å². The maximum absolute atomic E-state index is 12.9. The number of anilines is 1. The molecule has 6 heteroatoms. The topological polar surface area (TPSA) is 64.6 Å². The summed E-state index contributed by atoms with van der Waals surface area (Å²) < 4.78 is 40.0. The van der Waals surface area contributed by atoms with E-state index >= 15 is 0 Å². The van der Waals surface area contributed by atoms with Crippen LogP contribution in [0.2, 0.25) is 0 Å². The third-order valence-electron chi connectivity index (χ3n) is 4.92. The monoisotopic (exact) mass is 373 g/mol. The molecule has 4 rings (SSSR count). The summed E-state index contributed by atoms with van der Waals surface area (Å²) in [6.07, 6.45) is 3.93. The van der Waals surface area contributed by atoms with Crippen LogP contribution in [0.1, 0.15) is 37.0 Å². The lowest BCUT2D eigenvalue weighted by atomic mass is 10.1. The number of ether oxygens (including phenoxy) is 2. The van der Waals surface area contributed by atoms with E-state index in [2.05, 4.69) is 4.72 Å². The molecule has 2 aliphatic rings. The van der Waals surface area contributed by atoms with Gasteiger partial charge in [0.25, 0.3) is 10.0 Å². The Kier molecular flexibility index (Phi) is 4.31. The molecule has 1 atom stereocenters. The second-order valence-electron chi connectivity index (χ2n) is 6.91. The summed E-state index contributed by atoms with van der Waals surface area (Å²) in [6.45, 7) is 4.34. The average Bonchev–Trinajstić information content (AvgIpc) is 3.19. The predicted octanol–water partition coefficient (Wildman–Crippen LogP) is 3.70. The minimum absolute atomic E-state index is 0.0862. The van der Waals surface area contributed by atoms with E-state index in [-0.39, 0.29) is 11.0 Å². The smallest absolute Gasteiger partial charge is 0.262 e. The van der Waals surface area contributed by atoms with Crippen molar-refractivity contribution >= 4 is 15.7 Å². The molecule has 0 radical (unpaired) electrons. The van der Waals surface area contributed by atoms with Gasteiger partial charge in [-0.2, -0.15) is 0 Å². The summed E-state index contributed by atoms with van der Waals surface area (Å²) in [5, 5.41) is 0. The van der Waals surface area contributed by atoms with Crippen molar-refractivity contribution in [3.8, 4) is 11.5 Å². The molecule has 1 aliphatic heterocycles. The van der Waals surface area contributed by atoms with E-state index in [1.54, 1.807) is 18.2 Å². The van der Waals surface area contributed by atoms with Crippen LogP contribution >= 0.6 is 0 Å². The first-order valence-electron chi connectivity index (χ1n) is 9.07. The van der Waals surface area contributed by atoms with E-state index in [0.29, 0.717) is 23.8 Å². The highest BCUT2D eigenvalue weighted by molar-refractivity contribution is 7.92. The Hall–Kier alpha value is -2.21. The summed E-state index contributed by atoms with van der Waals surface area (Å²) in [6, 6.07) is 9.00. The van der Waals surface area contributed by atoms with Crippen LogP contribution in [0.15, 0.2) is 35.2 Å². The van der Waals surface area contributed by atoms with Gasteiger partial charge in [0.1, 0.15) is 17.6 Å². The fourth-order valence-corrected chi connectivity index (χ4v) is 4.82. The largest absolute Gasteiger partial charge is 0.492 e. The molecule has 0 spiro atoms. The minimum atomic E-state index is -3.69. The van der Waals surface area contributed by atoms with Gasteiger partial charge in [-0.25, -0.2) is 8.42 Å². The first kappa shape index (κ1) is 17.2. The van der Waals surface area contributed by atoms with Crippen molar-refractivity contribution in [1.82, 2.24) is 0 Å². The molecule has 0 bridgehead atoms. The fraction of sp³-hybridized carbons (Fsp3) is 0.400. The highest BCUT2D eigenvalue weighted by Gasteiger charge is 2.25. The number of sulfonamides is 1. The lowest BCUT2D eigenvalue weighted by Crippen LogP contribution is -2.14. The van der Waals surface area contributed by atoms with Gasteiger partial charge in [-0.3, -0.25) is 4.72 Å². The zero-order valence-corrected chi connectivity index (χ0v) is 15.9. The van der Waals surface area contributed by atoms with Gasteiger partial charge in [-0.1, -0.05) is 6.07 Å². The van der Waals surface area contributed by atoms with Crippen LogP contribution in [-0.4, -0.2) is 21.1 Å². The maximum Gasteiger partial charge on any atom is 0.262 e. The molecule has 2 aromatic rings. The standard InChI is InChI=1S/C20H23NO4S/c1-3-24-20-11-16-9-13(2)25-19(16)12-18(20)21-26(22,23)17-8-7-14-5-4-6-15(14)10-17/h7-8,10-13,21H,3-6,9H2,1-2H3. The Morgan fingerprint density at radius 3 is 2.77 bits per heavy atom. The van der Waals surface area contributed by atoms with E-state index < -0.39 is 10.0 Å². The molecule has 0 saturated heterocycles. The Labute approximate surface area is 154 Å². The summed E-state index contributed by atoms with van der Waals surface area (Å²) in [5.41, 5.74) is 3.84. The molecule has 5 nitrogen and oxygen atoms in total. The quantitative estimate of drug-likeness (QED) is 0.868. The van der Waals surface area contributed by atoms with Crippen molar-refractivity contribution in [2.75, 3.05) is 11.3 Å². The van der Waals surface area contributed by atoms with Crippen LogP contribution in [0.4, 0.5) is 5.69 Å². The lowest BCUT2D eigenvalue weighted by molar-refractivity contribution is 0.254.